The van der Waals surface area contributed by atoms with Gasteiger partial charge in [0.25, 0.3) is 0 Å². The van der Waals surface area contributed by atoms with Crippen molar-refractivity contribution < 1.29 is 19.1 Å². The Balaban J connectivity index is 2.20. The van der Waals surface area contributed by atoms with E-state index in [0.717, 1.165) is 12.2 Å². The van der Waals surface area contributed by atoms with Gasteiger partial charge in [-0.05, 0) is 0 Å². The average Bonchev–Trinajstić information content (AvgIpc) is 2.79. The Labute approximate surface area is 91.7 Å². The third kappa shape index (κ3) is 4.36. The van der Waals surface area contributed by atoms with Gasteiger partial charge in [0.1, 0.15) is 19.3 Å². The van der Waals surface area contributed by atoms with Gasteiger partial charge in [-0.2, -0.15) is 5.10 Å². The first-order valence-electron chi connectivity index (χ1n) is 4.47. The third-order valence-corrected chi connectivity index (χ3v) is 1.59. The molecule has 16 heavy (non-hydrogen) atoms. The Morgan fingerprint density at radius 2 is 2.12 bits per heavy atom. The molecule has 0 spiro atoms. The highest BCUT2D eigenvalue weighted by molar-refractivity contribution is 5.91. The zero-order valence-corrected chi connectivity index (χ0v) is 8.70. The van der Waals surface area contributed by atoms with Crippen molar-refractivity contribution in [3.63, 3.8) is 0 Å². The molecule has 0 atom stereocenters. The summed E-state index contributed by atoms with van der Waals surface area (Å²) in [5.41, 5.74) is 0. The smallest absolute Gasteiger partial charge is 0.331 e. The fraction of sp³-hybridized carbons (Fsp3) is 0.333. The zero-order chi connectivity index (χ0) is 11.8. The maximum Gasteiger partial charge on any atom is 0.331 e. The minimum Gasteiger partial charge on any atom is -0.466 e. The van der Waals surface area contributed by atoms with Gasteiger partial charge in [0.2, 0.25) is 0 Å². The van der Waals surface area contributed by atoms with Crippen molar-refractivity contribution in [1.82, 2.24) is 14.8 Å². The molecule has 86 valence electrons. The van der Waals surface area contributed by atoms with E-state index in [0.29, 0.717) is 6.54 Å². The van der Waals surface area contributed by atoms with Gasteiger partial charge in [-0.25, -0.2) is 19.3 Å². The van der Waals surface area contributed by atoms with Crippen LogP contribution in [-0.4, -0.2) is 40.4 Å². The van der Waals surface area contributed by atoms with E-state index in [4.69, 9.17) is 4.74 Å². The van der Waals surface area contributed by atoms with Gasteiger partial charge in [0.05, 0.1) is 13.7 Å². The molecule has 0 aromatic carbocycles. The maximum atomic E-state index is 11.0. The first-order valence-corrected chi connectivity index (χ1v) is 4.47. The summed E-state index contributed by atoms with van der Waals surface area (Å²) < 4.78 is 10.6. The minimum atomic E-state index is -0.606. The number of hydrogen-bond acceptors (Lipinski definition) is 6. The van der Waals surface area contributed by atoms with E-state index in [2.05, 4.69) is 14.8 Å². The van der Waals surface area contributed by atoms with E-state index in [9.17, 15) is 9.59 Å². The lowest BCUT2D eigenvalue weighted by atomic mass is 10.5. The Kier molecular flexibility index (Phi) is 4.71. The molecular weight excluding hydrogens is 214 g/mol. The Hall–Kier alpha value is -2.18. The number of hydrogen-bond donors (Lipinski definition) is 0. The topological polar surface area (TPSA) is 83.3 Å². The molecule has 0 fully saturated rings. The van der Waals surface area contributed by atoms with Crippen LogP contribution < -0.4 is 0 Å². The highest BCUT2D eigenvalue weighted by Crippen LogP contribution is 1.86. The van der Waals surface area contributed by atoms with Crippen molar-refractivity contribution in [3.8, 4) is 0 Å². The summed E-state index contributed by atoms with van der Waals surface area (Å²) in [7, 11) is 1.22. The Bertz CT molecular complexity index is 372. The van der Waals surface area contributed by atoms with Crippen molar-refractivity contribution in [2.75, 3.05) is 13.7 Å². The molecule has 1 heterocycles. The number of ether oxygens (including phenoxy) is 2. The summed E-state index contributed by atoms with van der Waals surface area (Å²) >= 11 is 0. The first-order chi connectivity index (χ1) is 7.72. The molecule has 1 aromatic rings. The van der Waals surface area contributed by atoms with Gasteiger partial charge in [0, 0.05) is 12.2 Å². The number of carbonyl (C=O) groups is 2. The monoisotopic (exact) mass is 225 g/mol. The Morgan fingerprint density at radius 3 is 2.75 bits per heavy atom. The van der Waals surface area contributed by atoms with Gasteiger partial charge in [-0.15, -0.1) is 0 Å². The molecule has 0 aliphatic heterocycles. The molecule has 1 aromatic heterocycles. The second-order valence-electron chi connectivity index (χ2n) is 2.68. The number of aromatic nitrogens is 3. The second kappa shape index (κ2) is 6.33. The summed E-state index contributed by atoms with van der Waals surface area (Å²) in [6.45, 7) is 0.575. The van der Waals surface area contributed by atoms with Crippen molar-refractivity contribution >= 4 is 11.9 Å². The summed E-state index contributed by atoms with van der Waals surface area (Å²) in [6.07, 6.45) is 4.90. The van der Waals surface area contributed by atoms with E-state index >= 15 is 0 Å². The Morgan fingerprint density at radius 1 is 1.38 bits per heavy atom. The van der Waals surface area contributed by atoms with Crippen LogP contribution in [0.3, 0.4) is 0 Å². The molecule has 7 heteroatoms. The van der Waals surface area contributed by atoms with Gasteiger partial charge in [-0.3, -0.25) is 0 Å². The van der Waals surface area contributed by atoms with Gasteiger partial charge >= 0.3 is 11.9 Å². The summed E-state index contributed by atoms with van der Waals surface area (Å²) in [5.74, 6) is -1.21. The van der Waals surface area contributed by atoms with E-state index in [1.807, 2.05) is 0 Å². The lowest BCUT2D eigenvalue weighted by molar-refractivity contribution is -0.139. The number of esters is 2. The molecule has 0 unspecified atom stereocenters. The number of nitrogens with zero attached hydrogens (tertiary/aromatic N) is 3. The fourth-order valence-corrected chi connectivity index (χ4v) is 0.840. The van der Waals surface area contributed by atoms with Crippen LogP contribution >= 0.6 is 0 Å². The summed E-state index contributed by atoms with van der Waals surface area (Å²) in [4.78, 5) is 25.4. The standard InChI is InChI=1S/C9H11N3O4/c1-15-8(13)2-3-9(14)16-5-4-12-7-10-6-11-12/h2-3,6-7H,4-5H2,1H3. The number of carbonyl (C=O) groups excluding carboxylic acids is 2. The normalized spacial score (nSPS) is 10.3. The number of rotatable bonds is 5. The highest BCUT2D eigenvalue weighted by atomic mass is 16.5. The summed E-state index contributed by atoms with van der Waals surface area (Å²) in [6, 6.07) is 0. The lowest BCUT2D eigenvalue weighted by Gasteiger charge is -2.01. The van der Waals surface area contributed by atoms with Crippen molar-refractivity contribution in [2.24, 2.45) is 0 Å². The highest BCUT2D eigenvalue weighted by Gasteiger charge is 1.99. The van der Waals surface area contributed by atoms with Gasteiger partial charge in [-0.1, -0.05) is 0 Å². The molecule has 0 saturated carbocycles. The SMILES string of the molecule is COC(=O)C=CC(=O)OCCn1cncn1. The van der Waals surface area contributed by atoms with Crippen LogP contribution in [-0.2, 0) is 25.6 Å². The fourth-order valence-electron chi connectivity index (χ4n) is 0.840. The second-order valence-corrected chi connectivity index (χ2v) is 2.68. The molecule has 0 amide bonds. The molecule has 1 rings (SSSR count). The maximum absolute atomic E-state index is 11.0. The predicted octanol–water partition coefficient (Wildman–Crippen LogP) is -0.450. The van der Waals surface area contributed by atoms with E-state index in [1.165, 1.54) is 24.4 Å². The van der Waals surface area contributed by atoms with E-state index in [-0.39, 0.29) is 6.61 Å². The van der Waals surface area contributed by atoms with Crippen LogP contribution in [0.25, 0.3) is 0 Å². The molecule has 0 aliphatic rings. The molecule has 0 radical (unpaired) electrons. The third-order valence-electron chi connectivity index (χ3n) is 1.59. The lowest BCUT2D eigenvalue weighted by Crippen LogP contribution is -2.10. The quantitative estimate of drug-likeness (QED) is 0.498. The largest absolute Gasteiger partial charge is 0.466 e. The van der Waals surface area contributed by atoms with Crippen LogP contribution in [0.4, 0.5) is 0 Å². The average molecular weight is 225 g/mol. The van der Waals surface area contributed by atoms with Crippen LogP contribution in [0.1, 0.15) is 0 Å². The molecule has 0 bridgehead atoms. The van der Waals surface area contributed by atoms with Crippen molar-refractivity contribution in [2.45, 2.75) is 6.54 Å². The number of methoxy groups -OCH3 is 1. The van der Waals surface area contributed by atoms with E-state index < -0.39 is 11.9 Å². The first kappa shape index (κ1) is 11.9. The van der Waals surface area contributed by atoms with Gasteiger partial charge < -0.3 is 9.47 Å². The summed E-state index contributed by atoms with van der Waals surface area (Å²) in [5, 5.41) is 3.82. The van der Waals surface area contributed by atoms with Crippen molar-refractivity contribution in [3.05, 3.63) is 24.8 Å². The molecule has 0 saturated heterocycles. The molecule has 0 N–H and O–H groups in total. The van der Waals surface area contributed by atoms with Crippen LogP contribution in [0.5, 0.6) is 0 Å². The molecule has 7 nitrogen and oxygen atoms in total. The van der Waals surface area contributed by atoms with Crippen LogP contribution in [0.2, 0.25) is 0 Å². The van der Waals surface area contributed by atoms with Crippen LogP contribution in [0.15, 0.2) is 24.8 Å². The van der Waals surface area contributed by atoms with E-state index in [1.54, 1.807) is 0 Å². The van der Waals surface area contributed by atoms with Crippen molar-refractivity contribution in [1.29, 1.82) is 0 Å². The molecular formula is C9H11N3O4. The van der Waals surface area contributed by atoms with Gasteiger partial charge in [0.15, 0.2) is 0 Å². The van der Waals surface area contributed by atoms with Crippen LogP contribution in [0, 0.1) is 0 Å². The molecule has 0 aliphatic carbocycles. The zero-order valence-electron chi connectivity index (χ0n) is 8.70. The minimum absolute atomic E-state index is 0.160. The predicted molar refractivity (Wildman–Crippen MR) is 52.1 cm³/mol.